The minimum atomic E-state index is -0.381. The van der Waals surface area contributed by atoms with Gasteiger partial charge in [0.05, 0.1) is 11.9 Å². The number of ether oxygens (including phenoxy) is 2. The summed E-state index contributed by atoms with van der Waals surface area (Å²) in [5.74, 6) is 0.403. The van der Waals surface area contributed by atoms with Gasteiger partial charge >= 0.3 is 5.97 Å². The number of hydrogen-bond donors (Lipinski definition) is 0. The molecule has 0 N–H and O–H groups in total. The van der Waals surface area contributed by atoms with Gasteiger partial charge in [-0.25, -0.2) is 4.79 Å². The Morgan fingerprint density at radius 2 is 2.19 bits per heavy atom. The number of fused-ring (bicyclic) bond motifs is 1. The second-order valence-corrected chi connectivity index (χ2v) is 5.72. The van der Waals surface area contributed by atoms with Crippen LogP contribution in [0.15, 0.2) is 12.2 Å². The zero-order valence-electron chi connectivity index (χ0n) is 9.61. The van der Waals surface area contributed by atoms with Gasteiger partial charge in [0.1, 0.15) is 0 Å². The van der Waals surface area contributed by atoms with Crippen LogP contribution < -0.4 is 0 Å². The average Bonchev–Trinajstić information content (AvgIpc) is 2.28. The van der Waals surface area contributed by atoms with Crippen molar-refractivity contribution in [3.8, 4) is 0 Å². The Morgan fingerprint density at radius 1 is 1.44 bits per heavy atom. The van der Waals surface area contributed by atoms with E-state index in [1.807, 2.05) is 11.8 Å². The van der Waals surface area contributed by atoms with Crippen molar-refractivity contribution in [3.63, 3.8) is 0 Å². The van der Waals surface area contributed by atoms with Crippen LogP contribution in [0.1, 0.15) is 32.6 Å². The standard InChI is InChI=1S/C12H18O3S/c1-8(2)12(13)15-11-7-16-10-6-4-3-5-9(10)14-11/h9-11H,1,3-7H2,2H3. The van der Waals surface area contributed by atoms with Gasteiger partial charge in [-0.3, -0.25) is 0 Å². The molecule has 2 fully saturated rings. The molecular formula is C12H18O3S. The summed E-state index contributed by atoms with van der Waals surface area (Å²) in [6.07, 6.45) is 4.75. The van der Waals surface area contributed by atoms with E-state index in [4.69, 9.17) is 9.47 Å². The van der Waals surface area contributed by atoms with Crippen LogP contribution in [0.4, 0.5) is 0 Å². The van der Waals surface area contributed by atoms with Crippen molar-refractivity contribution in [1.29, 1.82) is 0 Å². The Hall–Kier alpha value is -0.480. The zero-order valence-corrected chi connectivity index (χ0v) is 10.4. The molecule has 4 heteroatoms. The van der Waals surface area contributed by atoms with E-state index in [9.17, 15) is 4.79 Å². The molecule has 2 rings (SSSR count). The number of carbonyl (C=O) groups excluding carboxylic acids is 1. The molecule has 1 saturated carbocycles. The fourth-order valence-corrected chi connectivity index (χ4v) is 3.43. The van der Waals surface area contributed by atoms with Gasteiger partial charge < -0.3 is 9.47 Å². The summed E-state index contributed by atoms with van der Waals surface area (Å²) in [7, 11) is 0. The largest absolute Gasteiger partial charge is 0.431 e. The molecule has 2 aliphatic rings. The number of carbonyl (C=O) groups is 1. The van der Waals surface area contributed by atoms with E-state index in [2.05, 4.69) is 6.58 Å². The fraction of sp³-hybridized carbons (Fsp3) is 0.750. The first-order chi connectivity index (χ1) is 7.66. The highest BCUT2D eigenvalue weighted by atomic mass is 32.2. The number of thioether (sulfide) groups is 1. The Kier molecular flexibility index (Phi) is 3.92. The van der Waals surface area contributed by atoms with E-state index in [0.29, 0.717) is 10.8 Å². The van der Waals surface area contributed by atoms with Crippen molar-refractivity contribution in [3.05, 3.63) is 12.2 Å². The second-order valence-electron chi connectivity index (χ2n) is 4.45. The molecule has 0 radical (unpaired) electrons. The molecule has 0 aromatic carbocycles. The van der Waals surface area contributed by atoms with Gasteiger partial charge in [0.15, 0.2) is 0 Å². The molecule has 0 bridgehead atoms. The smallest absolute Gasteiger partial charge is 0.335 e. The summed E-state index contributed by atoms with van der Waals surface area (Å²) in [6.45, 7) is 5.22. The maximum absolute atomic E-state index is 11.4. The van der Waals surface area contributed by atoms with Gasteiger partial charge in [-0.05, 0) is 19.8 Å². The monoisotopic (exact) mass is 242 g/mol. The van der Waals surface area contributed by atoms with Gasteiger partial charge in [0.25, 0.3) is 0 Å². The summed E-state index contributed by atoms with van der Waals surface area (Å²) in [6, 6.07) is 0. The van der Waals surface area contributed by atoms with E-state index in [1.165, 1.54) is 19.3 Å². The predicted octanol–water partition coefficient (Wildman–Crippen LogP) is 2.51. The van der Waals surface area contributed by atoms with Crippen LogP contribution >= 0.6 is 11.8 Å². The minimum absolute atomic E-state index is 0.274. The first kappa shape index (κ1) is 12.0. The molecule has 1 saturated heterocycles. The summed E-state index contributed by atoms with van der Waals surface area (Å²) >= 11 is 1.88. The normalized spacial score (nSPS) is 33.9. The Morgan fingerprint density at radius 3 is 2.94 bits per heavy atom. The molecule has 0 aromatic heterocycles. The third kappa shape index (κ3) is 2.80. The molecule has 0 spiro atoms. The van der Waals surface area contributed by atoms with Crippen LogP contribution in [0, 0.1) is 0 Å². The van der Waals surface area contributed by atoms with Crippen molar-refractivity contribution in [2.75, 3.05) is 5.75 Å². The lowest BCUT2D eigenvalue weighted by atomic mass is 9.97. The first-order valence-electron chi connectivity index (χ1n) is 5.80. The molecule has 0 amide bonds. The van der Waals surface area contributed by atoms with E-state index >= 15 is 0 Å². The van der Waals surface area contributed by atoms with Crippen LogP contribution in [0.3, 0.4) is 0 Å². The molecule has 1 aliphatic heterocycles. The maximum atomic E-state index is 11.4. The third-order valence-electron chi connectivity index (χ3n) is 3.00. The van der Waals surface area contributed by atoms with Gasteiger partial charge in [-0.15, -0.1) is 11.8 Å². The van der Waals surface area contributed by atoms with E-state index in [-0.39, 0.29) is 18.4 Å². The molecule has 3 nitrogen and oxygen atoms in total. The highest BCUT2D eigenvalue weighted by Gasteiger charge is 2.35. The van der Waals surface area contributed by atoms with Crippen LogP contribution in [-0.2, 0) is 14.3 Å². The van der Waals surface area contributed by atoms with Gasteiger partial charge in [-0.1, -0.05) is 19.4 Å². The molecule has 1 aliphatic carbocycles. The van der Waals surface area contributed by atoms with Crippen molar-refractivity contribution in [2.24, 2.45) is 0 Å². The van der Waals surface area contributed by atoms with Crippen LogP contribution in [0.2, 0.25) is 0 Å². The Labute approximate surface area is 101 Å². The van der Waals surface area contributed by atoms with Crippen molar-refractivity contribution in [2.45, 2.75) is 50.3 Å². The lowest BCUT2D eigenvalue weighted by Crippen LogP contribution is -2.42. The van der Waals surface area contributed by atoms with Crippen LogP contribution in [0.5, 0.6) is 0 Å². The van der Waals surface area contributed by atoms with E-state index in [1.54, 1.807) is 6.92 Å². The topological polar surface area (TPSA) is 35.5 Å². The summed E-state index contributed by atoms with van der Waals surface area (Å²) in [5.41, 5.74) is 0.430. The molecule has 16 heavy (non-hydrogen) atoms. The minimum Gasteiger partial charge on any atom is -0.431 e. The lowest BCUT2D eigenvalue weighted by Gasteiger charge is -2.38. The third-order valence-corrected chi connectivity index (χ3v) is 4.43. The molecule has 90 valence electrons. The molecule has 3 unspecified atom stereocenters. The van der Waals surface area contributed by atoms with Crippen LogP contribution in [-0.4, -0.2) is 29.4 Å². The van der Waals surface area contributed by atoms with Crippen molar-refractivity contribution < 1.29 is 14.3 Å². The number of esters is 1. The van der Waals surface area contributed by atoms with Gasteiger partial charge in [-0.2, -0.15) is 0 Å². The van der Waals surface area contributed by atoms with Crippen molar-refractivity contribution >= 4 is 17.7 Å². The SMILES string of the molecule is C=C(C)C(=O)OC1CSC2CCCCC2O1. The molecular weight excluding hydrogens is 224 g/mol. The lowest BCUT2D eigenvalue weighted by molar-refractivity contribution is -0.183. The highest BCUT2D eigenvalue weighted by Crippen LogP contribution is 2.36. The van der Waals surface area contributed by atoms with Gasteiger partial charge in [0, 0.05) is 10.8 Å². The van der Waals surface area contributed by atoms with E-state index in [0.717, 1.165) is 12.2 Å². The average molecular weight is 242 g/mol. The van der Waals surface area contributed by atoms with Gasteiger partial charge in [0.2, 0.25) is 6.29 Å². The Balaban J connectivity index is 1.85. The highest BCUT2D eigenvalue weighted by molar-refractivity contribution is 8.00. The molecule has 3 atom stereocenters. The Bertz CT molecular complexity index is 290. The summed E-state index contributed by atoms with van der Waals surface area (Å²) in [5, 5.41) is 0.605. The van der Waals surface area contributed by atoms with Crippen molar-refractivity contribution in [1.82, 2.24) is 0 Å². The fourth-order valence-electron chi connectivity index (χ4n) is 2.13. The maximum Gasteiger partial charge on any atom is 0.335 e. The summed E-state index contributed by atoms with van der Waals surface area (Å²) in [4.78, 5) is 11.4. The quantitative estimate of drug-likeness (QED) is 0.550. The second kappa shape index (κ2) is 5.23. The zero-order chi connectivity index (χ0) is 11.5. The van der Waals surface area contributed by atoms with E-state index < -0.39 is 0 Å². The molecule has 0 aromatic rings. The number of rotatable bonds is 2. The molecule has 1 heterocycles. The first-order valence-corrected chi connectivity index (χ1v) is 6.85. The predicted molar refractivity (Wildman–Crippen MR) is 64.3 cm³/mol. The summed E-state index contributed by atoms with van der Waals surface area (Å²) < 4.78 is 11.0. The number of hydrogen-bond acceptors (Lipinski definition) is 4. The van der Waals surface area contributed by atoms with Crippen LogP contribution in [0.25, 0.3) is 0 Å².